The summed E-state index contributed by atoms with van der Waals surface area (Å²) in [4.78, 5) is 31.7. The van der Waals surface area contributed by atoms with Crippen molar-refractivity contribution < 1.29 is 9.59 Å². The third-order valence-electron chi connectivity index (χ3n) is 3.75. The first-order valence-electron chi connectivity index (χ1n) is 8.38. The van der Waals surface area contributed by atoms with Crippen LogP contribution in [0.25, 0.3) is 0 Å². The van der Waals surface area contributed by atoms with Gasteiger partial charge in [0.2, 0.25) is 0 Å². The lowest BCUT2D eigenvalue weighted by Gasteiger charge is -2.07. The van der Waals surface area contributed by atoms with Crippen LogP contribution in [-0.2, 0) is 11.3 Å². The Morgan fingerprint density at radius 1 is 1.18 bits per heavy atom. The molecule has 1 aromatic carbocycles. The highest BCUT2D eigenvalue weighted by Crippen LogP contribution is 2.15. The van der Waals surface area contributed by atoms with E-state index in [4.69, 9.17) is 5.73 Å². The minimum atomic E-state index is -0.463. The predicted octanol–water partition coefficient (Wildman–Crippen LogP) is 2.07. The van der Waals surface area contributed by atoms with E-state index >= 15 is 0 Å². The van der Waals surface area contributed by atoms with Gasteiger partial charge in [0.25, 0.3) is 11.8 Å². The number of aromatic nitrogens is 4. The van der Waals surface area contributed by atoms with Crippen LogP contribution in [-0.4, -0.2) is 31.6 Å². The van der Waals surface area contributed by atoms with Crippen LogP contribution >= 0.6 is 0 Å². The summed E-state index contributed by atoms with van der Waals surface area (Å²) in [6.45, 7) is 5.72. The van der Waals surface area contributed by atoms with Gasteiger partial charge in [-0.25, -0.2) is 9.97 Å². The summed E-state index contributed by atoms with van der Waals surface area (Å²) in [5.74, 6) is -0.639. The Labute approximate surface area is 161 Å². The third-order valence-corrected chi connectivity index (χ3v) is 3.75. The fraction of sp³-hybridized carbons (Fsp3) is 0.105. The van der Waals surface area contributed by atoms with Crippen LogP contribution < -0.4 is 16.4 Å². The van der Waals surface area contributed by atoms with Crippen molar-refractivity contribution in [3.8, 4) is 0 Å². The molecule has 0 unspecified atom stereocenters. The van der Waals surface area contributed by atoms with Crippen molar-refractivity contribution >= 4 is 29.0 Å². The first-order chi connectivity index (χ1) is 13.4. The van der Waals surface area contributed by atoms with E-state index in [1.54, 1.807) is 23.9 Å². The summed E-state index contributed by atoms with van der Waals surface area (Å²) >= 11 is 0. The van der Waals surface area contributed by atoms with Crippen LogP contribution in [0.4, 0.5) is 17.2 Å². The van der Waals surface area contributed by atoms with Crippen LogP contribution in [0, 0.1) is 0 Å². The van der Waals surface area contributed by atoms with E-state index in [9.17, 15) is 9.59 Å². The number of benzene rings is 1. The van der Waals surface area contributed by atoms with Crippen LogP contribution in [0.2, 0.25) is 0 Å². The highest BCUT2D eigenvalue weighted by molar-refractivity contribution is 6.05. The van der Waals surface area contributed by atoms with Crippen molar-refractivity contribution in [3.63, 3.8) is 0 Å². The number of nitrogen functional groups attached to an aromatic ring is 1. The zero-order chi connectivity index (χ0) is 20.1. The van der Waals surface area contributed by atoms with Gasteiger partial charge in [-0.1, -0.05) is 18.7 Å². The molecule has 0 radical (unpaired) electrons. The second kappa shape index (κ2) is 8.12. The summed E-state index contributed by atoms with van der Waals surface area (Å²) in [7, 11) is 0. The van der Waals surface area contributed by atoms with E-state index in [1.807, 2.05) is 18.2 Å². The Morgan fingerprint density at radius 2 is 1.96 bits per heavy atom. The number of hydrogen-bond acceptors (Lipinski definition) is 6. The summed E-state index contributed by atoms with van der Waals surface area (Å²) in [5, 5.41) is 9.69. The van der Waals surface area contributed by atoms with Crippen LogP contribution in [0.1, 0.15) is 23.0 Å². The Kier molecular flexibility index (Phi) is 5.45. The maximum absolute atomic E-state index is 12.2. The van der Waals surface area contributed by atoms with Crippen molar-refractivity contribution in [1.82, 2.24) is 19.7 Å². The molecule has 142 valence electrons. The van der Waals surface area contributed by atoms with Gasteiger partial charge >= 0.3 is 0 Å². The van der Waals surface area contributed by atoms with Crippen LogP contribution in [0.3, 0.4) is 0 Å². The number of hydrogen-bond donors (Lipinski definition) is 3. The normalized spacial score (nSPS) is 10.3. The highest BCUT2D eigenvalue weighted by atomic mass is 16.2. The molecule has 28 heavy (non-hydrogen) atoms. The maximum atomic E-state index is 12.2. The van der Waals surface area contributed by atoms with E-state index in [1.165, 1.54) is 18.6 Å². The van der Waals surface area contributed by atoms with E-state index in [-0.39, 0.29) is 17.4 Å². The van der Waals surface area contributed by atoms with Gasteiger partial charge in [-0.3, -0.25) is 14.3 Å². The van der Waals surface area contributed by atoms with E-state index in [0.717, 1.165) is 5.56 Å². The van der Waals surface area contributed by atoms with Crippen molar-refractivity contribution in [2.75, 3.05) is 16.4 Å². The second-order valence-corrected chi connectivity index (χ2v) is 6.11. The lowest BCUT2D eigenvalue weighted by molar-refractivity contribution is -0.112. The molecular formula is C19H19N7O2. The molecule has 9 heteroatoms. The molecular weight excluding hydrogens is 358 g/mol. The molecule has 2 aromatic heterocycles. The van der Waals surface area contributed by atoms with Gasteiger partial charge < -0.3 is 16.4 Å². The summed E-state index contributed by atoms with van der Waals surface area (Å²) in [5.41, 5.74) is 8.24. The average Bonchev–Trinajstić information content (AvgIpc) is 3.09. The number of carbonyl (C=O) groups is 2. The lowest BCUT2D eigenvalue weighted by Crippen LogP contribution is -2.16. The fourth-order valence-corrected chi connectivity index (χ4v) is 2.40. The van der Waals surface area contributed by atoms with Gasteiger partial charge in [0.05, 0.1) is 18.4 Å². The number of nitrogens with two attached hydrogens (primary N) is 1. The lowest BCUT2D eigenvalue weighted by atomic mass is 10.2. The molecule has 2 amide bonds. The van der Waals surface area contributed by atoms with Crippen molar-refractivity contribution in [2.24, 2.45) is 0 Å². The van der Waals surface area contributed by atoms with E-state index in [0.29, 0.717) is 23.5 Å². The number of anilines is 3. The van der Waals surface area contributed by atoms with Gasteiger partial charge in [0.1, 0.15) is 0 Å². The van der Waals surface area contributed by atoms with Crippen molar-refractivity contribution in [2.45, 2.75) is 13.5 Å². The quantitative estimate of drug-likeness (QED) is 0.564. The molecule has 0 saturated carbocycles. The number of rotatable bonds is 6. The van der Waals surface area contributed by atoms with E-state index < -0.39 is 5.91 Å². The molecule has 0 saturated heterocycles. The molecule has 3 aromatic rings. The number of carbonyl (C=O) groups excluding carboxylic acids is 2. The molecule has 4 N–H and O–H groups in total. The van der Waals surface area contributed by atoms with Gasteiger partial charge in [0, 0.05) is 29.9 Å². The Morgan fingerprint density at radius 3 is 2.71 bits per heavy atom. The standard InChI is InChI=1S/C19H19N7O2/c1-12(2)18(27)24-14-5-3-4-13(8-14)10-26-11-15(9-23-26)25-19(28)16-17(20)22-7-6-21-16/h3-9,11H,1,10H2,2H3,(H2,20,22)(H,24,27)(H,25,28). The maximum Gasteiger partial charge on any atom is 0.278 e. The molecule has 0 spiro atoms. The predicted molar refractivity (Wildman–Crippen MR) is 106 cm³/mol. The molecule has 0 fully saturated rings. The first-order valence-corrected chi connectivity index (χ1v) is 8.38. The zero-order valence-corrected chi connectivity index (χ0v) is 15.2. The average molecular weight is 377 g/mol. The fourth-order valence-electron chi connectivity index (χ4n) is 2.40. The molecule has 0 atom stereocenters. The summed E-state index contributed by atoms with van der Waals surface area (Å²) < 4.78 is 1.66. The SMILES string of the molecule is C=C(C)C(=O)Nc1cccc(Cn2cc(NC(=O)c3nccnc3N)cn2)c1. The smallest absolute Gasteiger partial charge is 0.278 e. The molecule has 0 aliphatic heterocycles. The Balaban J connectivity index is 1.66. The van der Waals surface area contributed by atoms with Gasteiger partial charge in [0.15, 0.2) is 11.5 Å². The van der Waals surface area contributed by atoms with E-state index in [2.05, 4.69) is 32.3 Å². The van der Waals surface area contributed by atoms with Gasteiger partial charge in [-0.15, -0.1) is 0 Å². The first kappa shape index (κ1) is 18.8. The minimum Gasteiger partial charge on any atom is -0.382 e. The Bertz CT molecular complexity index is 1040. The minimum absolute atomic E-state index is 0.0520. The van der Waals surface area contributed by atoms with Gasteiger partial charge in [-0.2, -0.15) is 5.10 Å². The number of nitrogens with one attached hydrogen (secondary N) is 2. The molecule has 3 rings (SSSR count). The molecule has 2 heterocycles. The number of nitrogens with zero attached hydrogens (tertiary/aromatic N) is 4. The molecule has 9 nitrogen and oxygen atoms in total. The monoisotopic (exact) mass is 377 g/mol. The summed E-state index contributed by atoms with van der Waals surface area (Å²) in [6, 6.07) is 7.40. The molecule has 0 aliphatic rings. The van der Waals surface area contributed by atoms with Crippen LogP contribution in [0.15, 0.2) is 61.2 Å². The van der Waals surface area contributed by atoms with Crippen LogP contribution in [0.5, 0.6) is 0 Å². The van der Waals surface area contributed by atoms with Crippen molar-refractivity contribution in [3.05, 3.63) is 72.5 Å². The van der Waals surface area contributed by atoms with Crippen molar-refractivity contribution in [1.29, 1.82) is 0 Å². The highest BCUT2D eigenvalue weighted by Gasteiger charge is 2.13. The largest absolute Gasteiger partial charge is 0.382 e. The second-order valence-electron chi connectivity index (χ2n) is 6.11. The zero-order valence-electron chi connectivity index (χ0n) is 15.2. The third kappa shape index (κ3) is 4.58. The van der Waals surface area contributed by atoms with Gasteiger partial charge in [-0.05, 0) is 24.6 Å². The number of amides is 2. The summed E-state index contributed by atoms with van der Waals surface area (Å²) in [6.07, 6.45) is 6.02. The molecule has 0 aliphatic carbocycles. The molecule has 0 bridgehead atoms. The Hall–Kier alpha value is -4.01. The topological polar surface area (TPSA) is 128 Å².